The van der Waals surface area contributed by atoms with Gasteiger partial charge < -0.3 is 5.11 Å². The van der Waals surface area contributed by atoms with Gasteiger partial charge in [0.2, 0.25) is 5.29 Å². The Bertz CT molecular complexity index is 175. The standard InChI is InChI=1S/C6H9ClN2O/c1-5(4-10)3-9-6(7)8-2/h3,10H,2,4H2,1H3/b5-3+,9-6?. The maximum absolute atomic E-state index is 8.49. The predicted molar refractivity (Wildman–Crippen MR) is 43.7 cm³/mol. The van der Waals surface area contributed by atoms with Crippen LogP contribution in [-0.2, 0) is 0 Å². The van der Waals surface area contributed by atoms with Crippen LogP contribution in [0.4, 0.5) is 0 Å². The minimum atomic E-state index is -0.0230. The molecule has 0 bridgehead atoms. The molecule has 0 unspecified atom stereocenters. The monoisotopic (exact) mass is 160 g/mol. The normalized spacial score (nSPS) is 13.5. The Balaban J connectivity index is 4.03. The Labute approximate surface area is 64.8 Å². The van der Waals surface area contributed by atoms with E-state index in [0.717, 1.165) is 5.57 Å². The van der Waals surface area contributed by atoms with E-state index >= 15 is 0 Å². The van der Waals surface area contributed by atoms with Gasteiger partial charge in [-0.1, -0.05) is 0 Å². The molecule has 0 fully saturated rings. The van der Waals surface area contributed by atoms with Gasteiger partial charge in [0, 0.05) is 6.20 Å². The Morgan fingerprint density at radius 2 is 2.40 bits per heavy atom. The minimum absolute atomic E-state index is 0.0230. The first-order valence-corrected chi connectivity index (χ1v) is 3.05. The summed E-state index contributed by atoms with van der Waals surface area (Å²) in [4.78, 5) is 6.98. The molecule has 0 aromatic rings. The molecule has 0 aliphatic rings. The lowest BCUT2D eigenvalue weighted by molar-refractivity contribution is 0.331. The second-order valence-corrected chi connectivity index (χ2v) is 2.03. The third kappa shape index (κ3) is 4.23. The third-order valence-corrected chi connectivity index (χ3v) is 0.988. The first-order valence-electron chi connectivity index (χ1n) is 2.67. The lowest BCUT2D eigenvalue weighted by atomic mass is 10.4. The van der Waals surface area contributed by atoms with Crippen LogP contribution in [0.5, 0.6) is 0 Å². The van der Waals surface area contributed by atoms with Crippen LogP contribution in [0.2, 0.25) is 0 Å². The number of aliphatic imine (C=N–C) groups is 2. The molecule has 0 aliphatic heterocycles. The zero-order chi connectivity index (χ0) is 7.98. The van der Waals surface area contributed by atoms with Crippen LogP contribution in [0.1, 0.15) is 6.92 Å². The van der Waals surface area contributed by atoms with Crippen LogP contribution in [0.3, 0.4) is 0 Å². The zero-order valence-corrected chi connectivity index (χ0v) is 6.47. The number of hydrogen-bond acceptors (Lipinski definition) is 2. The molecule has 0 spiro atoms. The molecule has 1 N–H and O–H groups in total. The molecule has 0 amide bonds. The van der Waals surface area contributed by atoms with Gasteiger partial charge >= 0.3 is 0 Å². The van der Waals surface area contributed by atoms with Gasteiger partial charge in [-0.2, -0.15) is 0 Å². The van der Waals surface area contributed by atoms with E-state index in [1.165, 1.54) is 6.20 Å². The van der Waals surface area contributed by atoms with Crippen molar-refractivity contribution in [1.82, 2.24) is 0 Å². The van der Waals surface area contributed by atoms with E-state index in [1.807, 2.05) is 0 Å². The van der Waals surface area contributed by atoms with E-state index in [1.54, 1.807) is 6.92 Å². The largest absolute Gasteiger partial charge is 0.392 e. The number of amidine groups is 1. The van der Waals surface area contributed by atoms with Crippen LogP contribution < -0.4 is 0 Å². The number of aliphatic hydroxyl groups is 1. The van der Waals surface area contributed by atoms with Crippen LogP contribution in [-0.4, -0.2) is 23.7 Å². The van der Waals surface area contributed by atoms with Gasteiger partial charge in [-0.15, -0.1) is 0 Å². The lowest BCUT2D eigenvalue weighted by Gasteiger charge is -1.88. The first-order chi connectivity index (χ1) is 4.70. The number of halogens is 1. The fourth-order valence-corrected chi connectivity index (χ4v) is 0.294. The SMILES string of the molecule is C=NC(Cl)=N/C=C(\C)CO. The van der Waals surface area contributed by atoms with Crippen LogP contribution in [0, 0.1) is 0 Å². The van der Waals surface area contributed by atoms with Crippen molar-refractivity contribution in [1.29, 1.82) is 0 Å². The first kappa shape index (κ1) is 9.33. The van der Waals surface area contributed by atoms with Crippen molar-refractivity contribution in [2.75, 3.05) is 6.61 Å². The Morgan fingerprint density at radius 1 is 1.80 bits per heavy atom. The molecule has 10 heavy (non-hydrogen) atoms. The topological polar surface area (TPSA) is 45.0 Å². The molecule has 0 saturated heterocycles. The average molecular weight is 161 g/mol. The van der Waals surface area contributed by atoms with Gasteiger partial charge in [-0.25, -0.2) is 9.98 Å². The van der Waals surface area contributed by atoms with Crippen LogP contribution >= 0.6 is 11.6 Å². The molecule has 0 atom stereocenters. The second-order valence-electron chi connectivity index (χ2n) is 1.69. The molecule has 0 rings (SSSR count). The van der Waals surface area contributed by atoms with Crippen molar-refractivity contribution in [3.8, 4) is 0 Å². The third-order valence-electron chi connectivity index (χ3n) is 0.771. The minimum Gasteiger partial charge on any atom is -0.392 e. The molecule has 56 valence electrons. The molecule has 3 nitrogen and oxygen atoms in total. The summed E-state index contributed by atoms with van der Waals surface area (Å²) in [6, 6.07) is 0. The summed E-state index contributed by atoms with van der Waals surface area (Å²) in [5, 5.41) is 8.57. The molecule has 0 radical (unpaired) electrons. The average Bonchev–Trinajstić information content (AvgIpc) is 1.99. The van der Waals surface area contributed by atoms with Crippen molar-refractivity contribution >= 4 is 23.6 Å². The van der Waals surface area contributed by atoms with E-state index < -0.39 is 0 Å². The maximum atomic E-state index is 8.49. The summed E-state index contributed by atoms with van der Waals surface area (Å²) < 4.78 is 0. The number of rotatable bonds is 2. The quantitative estimate of drug-likeness (QED) is 0.368. The molecule has 4 heteroatoms. The van der Waals surface area contributed by atoms with Gasteiger partial charge in [0.1, 0.15) is 0 Å². The fourth-order valence-electron chi connectivity index (χ4n) is 0.245. The number of aliphatic hydroxyl groups excluding tert-OH is 1. The molecule has 0 aromatic carbocycles. The molecular formula is C6H9ClN2O. The predicted octanol–water partition coefficient (Wildman–Crippen LogP) is 1.18. The Hall–Kier alpha value is -0.670. The Morgan fingerprint density at radius 3 is 2.80 bits per heavy atom. The lowest BCUT2D eigenvalue weighted by Crippen LogP contribution is -1.83. The molecule has 0 saturated carbocycles. The van der Waals surface area contributed by atoms with E-state index in [-0.39, 0.29) is 11.9 Å². The summed E-state index contributed by atoms with van der Waals surface area (Å²) in [5.74, 6) is 0. The summed E-state index contributed by atoms with van der Waals surface area (Å²) >= 11 is 5.36. The fraction of sp³-hybridized carbons (Fsp3) is 0.333. The summed E-state index contributed by atoms with van der Waals surface area (Å²) in [7, 11) is 0. The smallest absolute Gasteiger partial charge is 0.221 e. The van der Waals surface area contributed by atoms with Crippen LogP contribution in [0.25, 0.3) is 0 Å². The summed E-state index contributed by atoms with van der Waals surface area (Å²) in [6.45, 7) is 4.87. The highest BCUT2D eigenvalue weighted by atomic mass is 35.5. The van der Waals surface area contributed by atoms with Gasteiger partial charge in [0.15, 0.2) is 0 Å². The zero-order valence-electron chi connectivity index (χ0n) is 5.71. The molecule has 0 heterocycles. The van der Waals surface area contributed by atoms with Crippen molar-refractivity contribution in [2.45, 2.75) is 6.92 Å². The molecule has 0 aliphatic carbocycles. The van der Waals surface area contributed by atoms with Gasteiger partial charge in [-0.05, 0) is 30.8 Å². The number of hydrogen-bond donors (Lipinski definition) is 1. The highest BCUT2D eigenvalue weighted by Crippen LogP contribution is 1.93. The van der Waals surface area contributed by atoms with Crippen molar-refractivity contribution in [3.05, 3.63) is 11.8 Å². The van der Waals surface area contributed by atoms with E-state index in [4.69, 9.17) is 16.7 Å². The van der Waals surface area contributed by atoms with Crippen molar-refractivity contribution in [3.63, 3.8) is 0 Å². The molecular weight excluding hydrogens is 152 g/mol. The maximum Gasteiger partial charge on any atom is 0.221 e. The van der Waals surface area contributed by atoms with E-state index in [0.29, 0.717) is 0 Å². The summed E-state index contributed by atoms with van der Waals surface area (Å²) in [6.07, 6.45) is 1.44. The highest BCUT2D eigenvalue weighted by Gasteiger charge is 1.84. The van der Waals surface area contributed by atoms with Gasteiger partial charge in [-0.3, -0.25) is 0 Å². The Kier molecular flexibility index (Phi) is 4.80. The van der Waals surface area contributed by atoms with Gasteiger partial charge in [0.05, 0.1) is 6.61 Å². The van der Waals surface area contributed by atoms with E-state index in [2.05, 4.69) is 16.7 Å². The van der Waals surface area contributed by atoms with Gasteiger partial charge in [0.25, 0.3) is 0 Å². The summed E-state index contributed by atoms with van der Waals surface area (Å²) in [5.41, 5.74) is 0.724. The van der Waals surface area contributed by atoms with Crippen molar-refractivity contribution in [2.24, 2.45) is 9.98 Å². The highest BCUT2D eigenvalue weighted by molar-refractivity contribution is 6.65. The van der Waals surface area contributed by atoms with E-state index in [9.17, 15) is 0 Å². The molecule has 0 aromatic heterocycles. The number of nitrogens with zero attached hydrogens (tertiary/aromatic N) is 2. The second kappa shape index (κ2) is 5.14. The van der Waals surface area contributed by atoms with Crippen molar-refractivity contribution < 1.29 is 5.11 Å². The van der Waals surface area contributed by atoms with Crippen LogP contribution in [0.15, 0.2) is 21.8 Å².